The van der Waals surface area contributed by atoms with Crippen molar-refractivity contribution in [3.8, 4) is 0 Å². The van der Waals surface area contributed by atoms with Gasteiger partial charge < -0.3 is 10.6 Å². The van der Waals surface area contributed by atoms with Gasteiger partial charge in [-0.25, -0.2) is 0 Å². The number of rotatable bonds is 3. The second-order valence-corrected chi connectivity index (χ2v) is 4.67. The van der Waals surface area contributed by atoms with Crippen LogP contribution in [0.15, 0.2) is 16.6 Å². The minimum absolute atomic E-state index is 0.0104. The van der Waals surface area contributed by atoms with Crippen molar-refractivity contribution in [1.29, 1.82) is 0 Å². The molecule has 2 N–H and O–H groups in total. The van der Waals surface area contributed by atoms with Gasteiger partial charge in [-0.3, -0.25) is 9.59 Å². The van der Waals surface area contributed by atoms with E-state index in [0.717, 1.165) is 21.3 Å². The minimum Gasteiger partial charge on any atom is -0.347 e. The van der Waals surface area contributed by atoms with Crippen LogP contribution in [0.25, 0.3) is 0 Å². The second-order valence-electron chi connectivity index (χ2n) is 3.88. The molecule has 0 fully saturated rings. The molecule has 0 aliphatic rings. The van der Waals surface area contributed by atoms with E-state index in [-0.39, 0.29) is 18.4 Å². The summed E-state index contributed by atoms with van der Waals surface area (Å²) in [5.74, 6) is -0.454. The summed E-state index contributed by atoms with van der Waals surface area (Å²) < 4.78 is 1.04. The lowest BCUT2D eigenvalue weighted by Gasteiger charge is -2.09. The molecule has 1 aromatic rings. The summed E-state index contributed by atoms with van der Waals surface area (Å²) in [5.41, 5.74) is 2.85. The second kappa shape index (κ2) is 5.82. The summed E-state index contributed by atoms with van der Waals surface area (Å²) in [6.45, 7) is 5.28. The fourth-order valence-corrected chi connectivity index (χ4v) is 1.66. The van der Waals surface area contributed by atoms with Gasteiger partial charge in [-0.1, -0.05) is 15.9 Å². The van der Waals surface area contributed by atoms with Gasteiger partial charge in [0.05, 0.1) is 6.54 Å². The standard InChI is InChI=1S/C12H15BrN2O2/c1-7-4-10(5-8(2)12(7)13)15-11(17)6-14-9(3)16/h4-5H,6H2,1-3H3,(H,14,16)(H,15,17). The Bertz CT molecular complexity index is 435. The summed E-state index contributed by atoms with van der Waals surface area (Å²) in [4.78, 5) is 22.1. The number of carbonyl (C=O) groups excluding carboxylic acids is 2. The number of aryl methyl sites for hydroxylation is 2. The topological polar surface area (TPSA) is 58.2 Å². The highest BCUT2D eigenvalue weighted by atomic mass is 79.9. The number of amides is 2. The van der Waals surface area contributed by atoms with Crippen LogP contribution >= 0.6 is 15.9 Å². The van der Waals surface area contributed by atoms with Crippen molar-refractivity contribution in [2.24, 2.45) is 0 Å². The van der Waals surface area contributed by atoms with Crippen LogP contribution < -0.4 is 10.6 Å². The molecule has 0 atom stereocenters. The molecule has 0 saturated heterocycles. The van der Waals surface area contributed by atoms with E-state index < -0.39 is 0 Å². The Morgan fingerprint density at radius 3 is 2.24 bits per heavy atom. The van der Waals surface area contributed by atoms with Gasteiger partial charge in [-0.2, -0.15) is 0 Å². The largest absolute Gasteiger partial charge is 0.347 e. The van der Waals surface area contributed by atoms with E-state index in [9.17, 15) is 9.59 Å². The Balaban J connectivity index is 2.69. The molecule has 0 aromatic heterocycles. The molecular formula is C12H15BrN2O2. The zero-order chi connectivity index (χ0) is 13.0. The Labute approximate surface area is 109 Å². The zero-order valence-corrected chi connectivity index (χ0v) is 11.6. The lowest BCUT2D eigenvalue weighted by atomic mass is 10.1. The van der Waals surface area contributed by atoms with E-state index in [1.54, 1.807) is 0 Å². The molecule has 0 saturated carbocycles. The number of hydrogen-bond acceptors (Lipinski definition) is 2. The molecule has 5 heteroatoms. The molecule has 2 amide bonds. The van der Waals surface area contributed by atoms with Gasteiger partial charge in [0.15, 0.2) is 0 Å². The first-order valence-electron chi connectivity index (χ1n) is 5.21. The Morgan fingerprint density at radius 1 is 1.24 bits per heavy atom. The fourth-order valence-electron chi connectivity index (χ4n) is 1.43. The van der Waals surface area contributed by atoms with E-state index in [4.69, 9.17) is 0 Å². The molecular weight excluding hydrogens is 284 g/mol. The first-order valence-corrected chi connectivity index (χ1v) is 6.00. The van der Waals surface area contributed by atoms with Crippen molar-refractivity contribution in [3.63, 3.8) is 0 Å². The van der Waals surface area contributed by atoms with Crippen molar-refractivity contribution < 1.29 is 9.59 Å². The van der Waals surface area contributed by atoms with Crippen molar-refractivity contribution in [1.82, 2.24) is 5.32 Å². The third-order valence-corrected chi connectivity index (χ3v) is 3.47. The molecule has 1 aromatic carbocycles. The molecule has 92 valence electrons. The van der Waals surface area contributed by atoms with Crippen LogP contribution in [0.2, 0.25) is 0 Å². The van der Waals surface area contributed by atoms with Crippen LogP contribution in [-0.2, 0) is 9.59 Å². The van der Waals surface area contributed by atoms with Crippen molar-refractivity contribution in [2.45, 2.75) is 20.8 Å². The SMILES string of the molecule is CC(=O)NCC(=O)Nc1cc(C)c(Br)c(C)c1. The van der Waals surface area contributed by atoms with Crippen LogP contribution in [0.1, 0.15) is 18.1 Å². The van der Waals surface area contributed by atoms with Crippen LogP contribution in [0.4, 0.5) is 5.69 Å². The monoisotopic (exact) mass is 298 g/mol. The van der Waals surface area contributed by atoms with Crippen LogP contribution in [0, 0.1) is 13.8 Å². The summed E-state index contributed by atoms with van der Waals surface area (Å²) in [7, 11) is 0. The molecule has 0 unspecified atom stereocenters. The maximum atomic E-state index is 11.5. The van der Waals surface area contributed by atoms with Gasteiger partial charge in [-0.05, 0) is 37.1 Å². The van der Waals surface area contributed by atoms with Gasteiger partial charge in [0, 0.05) is 17.1 Å². The average molecular weight is 299 g/mol. The average Bonchev–Trinajstić information content (AvgIpc) is 2.23. The molecule has 0 radical (unpaired) electrons. The van der Waals surface area contributed by atoms with E-state index in [1.165, 1.54) is 6.92 Å². The van der Waals surface area contributed by atoms with Crippen LogP contribution in [0.3, 0.4) is 0 Å². The number of nitrogens with one attached hydrogen (secondary N) is 2. The highest BCUT2D eigenvalue weighted by Gasteiger charge is 2.06. The normalized spacial score (nSPS) is 9.88. The predicted octanol–water partition coefficient (Wildman–Crippen LogP) is 2.14. The Hall–Kier alpha value is -1.36. The third kappa shape index (κ3) is 4.19. The summed E-state index contributed by atoms with van der Waals surface area (Å²) in [6.07, 6.45) is 0. The lowest BCUT2D eigenvalue weighted by Crippen LogP contribution is -2.31. The van der Waals surface area contributed by atoms with E-state index >= 15 is 0 Å². The fraction of sp³-hybridized carbons (Fsp3) is 0.333. The van der Waals surface area contributed by atoms with Gasteiger partial charge in [0.1, 0.15) is 0 Å². The maximum Gasteiger partial charge on any atom is 0.243 e. The van der Waals surface area contributed by atoms with Gasteiger partial charge in [0.25, 0.3) is 0 Å². The first kappa shape index (κ1) is 13.7. The summed E-state index contributed by atoms with van der Waals surface area (Å²) in [6, 6.07) is 3.76. The highest BCUT2D eigenvalue weighted by molar-refractivity contribution is 9.10. The molecule has 0 heterocycles. The number of benzene rings is 1. The van der Waals surface area contributed by atoms with Crippen molar-refractivity contribution in [2.75, 3.05) is 11.9 Å². The highest BCUT2D eigenvalue weighted by Crippen LogP contribution is 2.24. The number of hydrogen-bond donors (Lipinski definition) is 2. The van der Waals surface area contributed by atoms with Crippen molar-refractivity contribution >= 4 is 33.4 Å². The summed E-state index contributed by atoms with van der Waals surface area (Å²) >= 11 is 3.46. The van der Waals surface area contributed by atoms with Crippen molar-refractivity contribution in [3.05, 3.63) is 27.7 Å². The van der Waals surface area contributed by atoms with Gasteiger partial charge >= 0.3 is 0 Å². The number of halogens is 1. The lowest BCUT2D eigenvalue weighted by molar-refractivity contribution is -0.122. The molecule has 1 rings (SSSR count). The minimum atomic E-state index is -0.235. The number of anilines is 1. The Morgan fingerprint density at radius 2 is 1.76 bits per heavy atom. The quantitative estimate of drug-likeness (QED) is 0.898. The summed E-state index contributed by atoms with van der Waals surface area (Å²) in [5, 5.41) is 5.18. The molecule has 0 spiro atoms. The molecule has 0 aliphatic heterocycles. The number of carbonyl (C=O) groups is 2. The zero-order valence-electron chi connectivity index (χ0n) is 10.1. The van der Waals surface area contributed by atoms with Crippen LogP contribution in [-0.4, -0.2) is 18.4 Å². The smallest absolute Gasteiger partial charge is 0.243 e. The maximum absolute atomic E-state index is 11.5. The third-order valence-electron chi connectivity index (χ3n) is 2.22. The van der Waals surface area contributed by atoms with E-state index in [0.29, 0.717) is 0 Å². The molecule has 0 bridgehead atoms. The molecule has 17 heavy (non-hydrogen) atoms. The first-order chi connectivity index (χ1) is 7.90. The Kier molecular flexibility index (Phi) is 4.69. The van der Waals surface area contributed by atoms with Gasteiger partial charge in [0.2, 0.25) is 11.8 Å². The van der Waals surface area contributed by atoms with E-state index in [1.807, 2.05) is 26.0 Å². The molecule has 4 nitrogen and oxygen atoms in total. The predicted molar refractivity (Wildman–Crippen MR) is 70.9 cm³/mol. The molecule has 0 aliphatic carbocycles. The van der Waals surface area contributed by atoms with Gasteiger partial charge in [-0.15, -0.1) is 0 Å². The van der Waals surface area contributed by atoms with Crippen LogP contribution in [0.5, 0.6) is 0 Å². The van der Waals surface area contributed by atoms with E-state index in [2.05, 4.69) is 26.6 Å².